The maximum Gasteiger partial charge on any atom is 0.162 e. The van der Waals surface area contributed by atoms with E-state index in [9.17, 15) is 4.79 Å². The summed E-state index contributed by atoms with van der Waals surface area (Å²) in [5.74, 6) is 0.918. The molecular weight excluding hydrogens is 266 g/mol. The summed E-state index contributed by atoms with van der Waals surface area (Å²) in [5, 5.41) is 9.04. The van der Waals surface area contributed by atoms with Crippen LogP contribution in [0.1, 0.15) is 34.8 Å². The molecule has 0 aromatic heterocycles. The van der Waals surface area contributed by atoms with Crippen LogP contribution in [0, 0.1) is 11.3 Å². The van der Waals surface area contributed by atoms with E-state index in [1.807, 2.05) is 55.5 Å². The van der Waals surface area contributed by atoms with Gasteiger partial charge in [-0.05, 0) is 23.8 Å². The molecule has 0 bridgehead atoms. The highest BCUT2D eigenvalue weighted by atomic mass is 32.2. The van der Waals surface area contributed by atoms with Gasteiger partial charge in [-0.3, -0.25) is 4.79 Å². The minimum atomic E-state index is 0.163. The molecule has 0 radical (unpaired) electrons. The summed E-state index contributed by atoms with van der Waals surface area (Å²) in [4.78, 5) is 12.6. The highest BCUT2D eigenvalue weighted by Crippen LogP contribution is 2.24. The highest BCUT2D eigenvalue weighted by Gasteiger charge is 2.04. The molecule has 3 heteroatoms. The summed E-state index contributed by atoms with van der Waals surface area (Å²) in [7, 11) is 0. The molecule has 2 nitrogen and oxygen atoms in total. The van der Waals surface area contributed by atoms with Gasteiger partial charge >= 0.3 is 0 Å². The first kappa shape index (κ1) is 14.4. The Morgan fingerprint density at radius 3 is 2.50 bits per heavy atom. The van der Waals surface area contributed by atoms with Crippen LogP contribution in [0.25, 0.3) is 0 Å². The second-order valence-electron chi connectivity index (χ2n) is 4.36. The van der Waals surface area contributed by atoms with Crippen LogP contribution in [-0.2, 0) is 5.75 Å². The Bertz CT molecular complexity index is 641. The zero-order valence-electron chi connectivity index (χ0n) is 11.3. The normalized spacial score (nSPS) is 10.0. The second-order valence-corrected chi connectivity index (χ2v) is 5.41. The zero-order valence-corrected chi connectivity index (χ0v) is 12.1. The molecule has 0 N–H and O–H groups in total. The Morgan fingerprint density at radius 2 is 1.85 bits per heavy atom. The molecule has 0 heterocycles. The molecule has 0 aliphatic carbocycles. The van der Waals surface area contributed by atoms with E-state index in [0.29, 0.717) is 6.42 Å². The number of rotatable bonds is 5. The van der Waals surface area contributed by atoms with Gasteiger partial charge in [0.1, 0.15) is 0 Å². The first-order valence-electron chi connectivity index (χ1n) is 6.48. The van der Waals surface area contributed by atoms with E-state index in [4.69, 9.17) is 5.26 Å². The van der Waals surface area contributed by atoms with E-state index in [0.717, 1.165) is 27.3 Å². The molecule has 2 aromatic carbocycles. The third-order valence-electron chi connectivity index (χ3n) is 3.03. The van der Waals surface area contributed by atoms with Crippen molar-refractivity contribution in [3.63, 3.8) is 0 Å². The topological polar surface area (TPSA) is 40.9 Å². The molecule has 2 aromatic rings. The van der Waals surface area contributed by atoms with Crippen LogP contribution < -0.4 is 0 Å². The Morgan fingerprint density at radius 1 is 1.15 bits per heavy atom. The minimum absolute atomic E-state index is 0.163. The number of carbonyl (C=O) groups is 1. The average molecular weight is 281 g/mol. The molecule has 0 aliphatic rings. The largest absolute Gasteiger partial charge is 0.294 e. The van der Waals surface area contributed by atoms with E-state index >= 15 is 0 Å². The fourth-order valence-electron chi connectivity index (χ4n) is 1.86. The van der Waals surface area contributed by atoms with Gasteiger partial charge in [0.15, 0.2) is 5.78 Å². The number of Topliss-reactive ketones (excluding diaryl/α,β-unsaturated/α-hetero) is 1. The third-order valence-corrected chi connectivity index (χ3v) is 4.09. The Hall–Kier alpha value is -2.05. The van der Waals surface area contributed by atoms with E-state index in [1.165, 1.54) is 0 Å². The molecule has 0 unspecified atom stereocenters. The molecule has 20 heavy (non-hydrogen) atoms. The van der Waals surface area contributed by atoms with Crippen LogP contribution in [0.4, 0.5) is 0 Å². The SMILES string of the molecule is CCC(=O)c1ccc(SCc2ccccc2C#N)cc1. The molecule has 0 aliphatic heterocycles. The first-order chi connectivity index (χ1) is 9.74. The predicted octanol–water partition coefficient (Wildman–Crippen LogP) is 4.44. The lowest BCUT2D eigenvalue weighted by Gasteiger charge is -2.05. The summed E-state index contributed by atoms with van der Waals surface area (Å²) in [6, 6.07) is 17.5. The van der Waals surface area contributed by atoms with Gasteiger partial charge in [0, 0.05) is 22.6 Å². The number of nitrogens with zero attached hydrogens (tertiary/aromatic N) is 1. The number of hydrogen-bond acceptors (Lipinski definition) is 3. The summed E-state index contributed by atoms with van der Waals surface area (Å²) in [6.07, 6.45) is 0.530. The second kappa shape index (κ2) is 6.93. The molecule has 2 rings (SSSR count). The van der Waals surface area contributed by atoms with Crippen LogP contribution >= 0.6 is 11.8 Å². The summed E-state index contributed by atoms with van der Waals surface area (Å²) < 4.78 is 0. The van der Waals surface area contributed by atoms with Gasteiger partial charge in [-0.1, -0.05) is 37.3 Å². The summed E-state index contributed by atoms with van der Waals surface area (Å²) >= 11 is 1.67. The van der Waals surface area contributed by atoms with Gasteiger partial charge in [0.05, 0.1) is 11.6 Å². The van der Waals surface area contributed by atoms with Crippen molar-refractivity contribution in [2.45, 2.75) is 24.0 Å². The van der Waals surface area contributed by atoms with Crippen molar-refractivity contribution >= 4 is 17.5 Å². The average Bonchev–Trinajstić information content (AvgIpc) is 2.53. The van der Waals surface area contributed by atoms with Gasteiger partial charge in [-0.15, -0.1) is 11.8 Å². The molecule has 0 atom stereocenters. The lowest BCUT2D eigenvalue weighted by Crippen LogP contribution is -1.95. The van der Waals surface area contributed by atoms with E-state index in [2.05, 4.69) is 6.07 Å². The van der Waals surface area contributed by atoms with Crippen molar-refractivity contribution in [1.29, 1.82) is 5.26 Å². The van der Waals surface area contributed by atoms with E-state index < -0.39 is 0 Å². The van der Waals surface area contributed by atoms with E-state index in [-0.39, 0.29) is 5.78 Å². The zero-order chi connectivity index (χ0) is 14.4. The van der Waals surface area contributed by atoms with Gasteiger partial charge in [-0.25, -0.2) is 0 Å². The molecule has 0 amide bonds. The van der Waals surface area contributed by atoms with Crippen molar-refractivity contribution in [2.75, 3.05) is 0 Å². The van der Waals surface area contributed by atoms with Crippen LogP contribution in [-0.4, -0.2) is 5.78 Å². The fourth-order valence-corrected chi connectivity index (χ4v) is 2.76. The summed E-state index contributed by atoms with van der Waals surface area (Å²) in [5.41, 5.74) is 2.51. The predicted molar refractivity (Wildman–Crippen MR) is 81.8 cm³/mol. The van der Waals surface area contributed by atoms with Crippen molar-refractivity contribution in [2.24, 2.45) is 0 Å². The Balaban J connectivity index is 2.04. The molecule has 0 spiro atoms. The molecule has 0 saturated carbocycles. The minimum Gasteiger partial charge on any atom is -0.294 e. The number of ketones is 1. The number of thioether (sulfide) groups is 1. The summed E-state index contributed by atoms with van der Waals surface area (Å²) in [6.45, 7) is 1.86. The quantitative estimate of drug-likeness (QED) is 0.601. The highest BCUT2D eigenvalue weighted by molar-refractivity contribution is 7.98. The van der Waals surface area contributed by atoms with Gasteiger partial charge in [-0.2, -0.15) is 5.26 Å². The van der Waals surface area contributed by atoms with Crippen molar-refractivity contribution in [1.82, 2.24) is 0 Å². The number of nitriles is 1. The maximum atomic E-state index is 11.5. The lowest BCUT2D eigenvalue weighted by molar-refractivity contribution is 0.0988. The number of hydrogen-bond donors (Lipinski definition) is 0. The van der Waals surface area contributed by atoms with Crippen molar-refractivity contribution < 1.29 is 4.79 Å². The number of benzene rings is 2. The molecular formula is C17H15NOS. The van der Waals surface area contributed by atoms with Crippen molar-refractivity contribution in [3.8, 4) is 6.07 Å². The molecule has 0 saturated heterocycles. The van der Waals surface area contributed by atoms with Crippen LogP contribution in [0.3, 0.4) is 0 Å². The third kappa shape index (κ3) is 3.49. The Kier molecular flexibility index (Phi) is 4.97. The maximum absolute atomic E-state index is 11.5. The number of carbonyl (C=O) groups excluding carboxylic acids is 1. The fraction of sp³-hybridized carbons (Fsp3) is 0.176. The molecule has 0 fully saturated rings. The monoisotopic (exact) mass is 281 g/mol. The van der Waals surface area contributed by atoms with Gasteiger partial charge < -0.3 is 0 Å². The Labute approximate surface area is 123 Å². The standard InChI is InChI=1S/C17H15NOS/c1-2-17(19)13-7-9-16(10-8-13)20-12-15-6-4-3-5-14(15)11-18/h3-10H,2,12H2,1H3. The van der Waals surface area contributed by atoms with Crippen LogP contribution in [0.2, 0.25) is 0 Å². The van der Waals surface area contributed by atoms with Crippen LogP contribution in [0.15, 0.2) is 53.4 Å². The van der Waals surface area contributed by atoms with Crippen LogP contribution in [0.5, 0.6) is 0 Å². The smallest absolute Gasteiger partial charge is 0.162 e. The van der Waals surface area contributed by atoms with Gasteiger partial charge in [0.25, 0.3) is 0 Å². The van der Waals surface area contributed by atoms with Gasteiger partial charge in [0.2, 0.25) is 0 Å². The first-order valence-corrected chi connectivity index (χ1v) is 7.47. The lowest BCUT2D eigenvalue weighted by atomic mass is 10.1. The van der Waals surface area contributed by atoms with Crippen molar-refractivity contribution in [3.05, 3.63) is 65.2 Å². The van der Waals surface area contributed by atoms with E-state index in [1.54, 1.807) is 11.8 Å². The molecule has 100 valence electrons.